The van der Waals surface area contributed by atoms with Gasteiger partial charge in [-0.25, -0.2) is 0 Å². The molecular formula is C14H28O6. The first-order valence-electron chi connectivity index (χ1n) is 7.91. The van der Waals surface area contributed by atoms with Crippen LogP contribution >= 0.6 is 0 Å². The molecule has 0 spiro atoms. The molecule has 0 aromatic rings. The van der Waals surface area contributed by atoms with Gasteiger partial charge in [0.2, 0.25) is 0 Å². The number of unbranched alkanes of at least 4 members (excludes halogenated alkanes) is 3. The highest BCUT2D eigenvalue weighted by atomic mass is 16.7. The molecule has 0 radical (unpaired) electrons. The van der Waals surface area contributed by atoms with Crippen LogP contribution in [0.3, 0.4) is 0 Å². The molecule has 0 aromatic carbocycles. The van der Waals surface area contributed by atoms with Gasteiger partial charge in [0, 0.05) is 7.79 Å². The summed E-state index contributed by atoms with van der Waals surface area (Å²) in [6.45, 7) is 1.50. The number of ether oxygens (including phenoxy) is 1. The quantitative estimate of drug-likeness (QED) is 0.400. The third kappa shape index (κ3) is 4.38. The van der Waals surface area contributed by atoms with Crippen LogP contribution in [0.25, 0.3) is 0 Å². The molecule has 6 atom stereocenters. The van der Waals surface area contributed by atoms with Crippen LogP contribution < -0.4 is 0 Å². The molecule has 0 aromatic heterocycles. The summed E-state index contributed by atoms with van der Waals surface area (Å²) in [4.78, 5) is 0. The van der Waals surface area contributed by atoms with Crippen LogP contribution in [0.4, 0.5) is 0 Å². The van der Waals surface area contributed by atoms with Gasteiger partial charge in [-0.05, 0) is 6.40 Å². The summed E-state index contributed by atoms with van der Waals surface area (Å²) in [5.41, 5.74) is 0. The average Bonchev–Trinajstić information content (AvgIpc) is 2.45. The standard InChI is InChI=1S/C14H28O6/c1-2-3-4-5-6-7-8-14(19)13(18)12(17)11(16)10(9-15)20-14/h10-13,15-19H,2-9H2,1H3/t10-,11-,12+,13-,14?/m1/s1/i7D/t7?,10-,11-,12+,13-,14?. The van der Waals surface area contributed by atoms with Crippen molar-refractivity contribution in [2.75, 3.05) is 6.61 Å². The van der Waals surface area contributed by atoms with Crippen molar-refractivity contribution in [3.63, 3.8) is 0 Å². The van der Waals surface area contributed by atoms with E-state index in [2.05, 4.69) is 6.92 Å². The van der Waals surface area contributed by atoms with Crippen LogP contribution in [0.2, 0.25) is 0 Å². The largest absolute Gasteiger partial charge is 0.394 e. The normalized spacial score (nSPS) is 40.4. The zero-order valence-electron chi connectivity index (χ0n) is 13.0. The predicted molar refractivity (Wildman–Crippen MR) is 72.9 cm³/mol. The highest BCUT2D eigenvalue weighted by Crippen LogP contribution is 2.32. The molecule has 20 heavy (non-hydrogen) atoms. The van der Waals surface area contributed by atoms with Gasteiger partial charge in [-0.3, -0.25) is 0 Å². The Bertz CT molecular complexity index is 303. The van der Waals surface area contributed by atoms with Gasteiger partial charge in [0.05, 0.1) is 6.61 Å². The van der Waals surface area contributed by atoms with E-state index in [1.54, 1.807) is 0 Å². The Kier molecular flexibility index (Phi) is 6.67. The number of aliphatic hydroxyl groups is 5. The molecule has 0 aliphatic carbocycles. The van der Waals surface area contributed by atoms with E-state index in [4.69, 9.17) is 11.2 Å². The van der Waals surface area contributed by atoms with E-state index < -0.39 is 43.2 Å². The van der Waals surface area contributed by atoms with Crippen LogP contribution in [0.15, 0.2) is 0 Å². The van der Waals surface area contributed by atoms with Gasteiger partial charge in [0.15, 0.2) is 5.79 Å². The van der Waals surface area contributed by atoms with E-state index in [0.717, 1.165) is 25.7 Å². The smallest absolute Gasteiger partial charge is 0.195 e. The van der Waals surface area contributed by atoms with Crippen molar-refractivity contribution >= 4 is 0 Å². The van der Waals surface area contributed by atoms with Gasteiger partial charge in [0.1, 0.15) is 24.4 Å². The van der Waals surface area contributed by atoms with Crippen molar-refractivity contribution in [2.24, 2.45) is 0 Å². The fraction of sp³-hybridized carbons (Fsp3) is 1.00. The Morgan fingerprint density at radius 3 is 2.35 bits per heavy atom. The highest BCUT2D eigenvalue weighted by Gasteiger charge is 2.51. The first-order chi connectivity index (χ1) is 9.85. The molecule has 6 heteroatoms. The first-order valence-corrected chi connectivity index (χ1v) is 7.33. The highest BCUT2D eigenvalue weighted by molar-refractivity contribution is 4.95. The number of aliphatic hydroxyl groups excluding tert-OH is 4. The van der Waals surface area contributed by atoms with Gasteiger partial charge >= 0.3 is 0 Å². The van der Waals surface area contributed by atoms with Gasteiger partial charge in [-0.15, -0.1) is 0 Å². The Hall–Kier alpha value is -0.240. The van der Waals surface area contributed by atoms with Crippen LogP contribution in [0.5, 0.6) is 0 Å². The summed E-state index contributed by atoms with van der Waals surface area (Å²) >= 11 is 0. The lowest BCUT2D eigenvalue weighted by atomic mass is 9.89. The van der Waals surface area contributed by atoms with Gasteiger partial charge < -0.3 is 30.3 Å². The molecule has 120 valence electrons. The number of hydrogen-bond acceptors (Lipinski definition) is 6. The molecule has 0 bridgehead atoms. The fourth-order valence-corrected chi connectivity index (χ4v) is 2.41. The third-order valence-corrected chi connectivity index (χ3v) is 3.75. The molecule has 1 heterocycles. The molecule has 1 fully saturated rings. The number of rotatable bonds is 8. The average molecular weight is 293 g/mol. The topological polar surface area (TPSA) is 110 Å². The second kappa shape index (κ2) is 8.26. The minimum atomic E-state index is -2.12. The Labute approximate surface area is 121 Å². The van der Waals surface area contributed by atoms with Crippen LogP contribution in [-0.2, 0) is 4.74 Å². The molecule has 1 aliphatic rings. The lowest BCUT2D eigenvalue weighted by Crippen LogP contribution is -2.65. The van der Waals surface area contributed by atoms with Crippen molar-refractivity contribution in [1.82, 2.24) is 0 Å². The second-order valence-electron chi connectivity index (χ2n) is 5.45. The summed E-state index contributed by atoms with van der Waals surface area (Å²) < 4.78 is 13.1. The van der Waals surface area contributed by atoms with Crippen molar-refractivity contribution in [1.29, 1.82) is 0 Å². The van der Waals surface area contributed by atoms with Crippen molar-refractivity contribution < 1.29 is 31.6 Å². The molecule has 1 saturated heterocycles. The first kappa shape index (κ1) is 16.1. The maximum Gasteiger partial charge on any atom is 0.195 e. The van der Waals surface area contributed by atoms with Gasteiger partial charge in [-0.2, -0.15) is 0 Å². The Morgan fingerprint density at radius 2 is 1.75 bits per heavy atom. The molecular weight excluding hydrogens is 264 g/mol. The van der Waals surface area contributed by atoms with Crippen LogP contribution in [0, 0.1) is 0 Å². The minimum Gasteiger partial charge on any atom is -0.394 e. The van der Waals surface area contributed by atoms with Crippen LogP contribution in [0.1, 0.15) is 53.2 Å². The molecule has 6 nitrogen and oxygen atoms in total. The summed E-state index contributed by atoms with van der Waals surface area (Å²) in [5.74, 6) is -2.12. The van der Waals surface area contributed by atoms with Gasteiger partial charge in [-0.1, -0.05) is 39.0 Å². The lowest BCUT2D eigenvalue weighted by Gasteiger charge is -2.45. The Balaban J connectivity index is 2.57. The zero-order chi connectivity index (χ0) is 16.0. The summed E-state index contributed by atoms with van der Waals surface area (Å²) in [6.07, 6.45) is -2.21. The Morgan fingerprint density at radius 1 is 1.10 bits per heavy atom. The van der Waals surface area contributed by atoms with Crippen LogP contribution in [-0.4, -0.2) is 62.3 Å². The summed E-state index contributed by atoms with van der Waals surface area (Å²) in [5, 5.41) is 48.7. The maximum absolute atomic E-state index is 10.3. The molecule has 2 unspecified atom stereocenters. The fourth-order valence-electron chi connectivity index (χ4n) is 2.41. The summed E-state index contributed by atoms with van der Waals surface area (Å²) in [7, 11) is 0. The lowest BCUT2D eigenvalue weighted by molar-refractivity contribution is -0.351. The molecule has 0 amide bonds. The van der Waals surface area contributed by atoms with Crippen molar-refractivity contribution in [3.8, 4) is 0 Å². The predicted octanol–water partition coefficient (Wildman–Crippen LogP) is -0.101. The zero-order valence-corrected chi connectivity index (χ0v) is 12.0. The van der Waals surface area contributed by atoms with E-state index in [9.17, 15) is 20.4 Å². The summed E-state index contributed by atoms with van der Waals surface area (Å²) in [6, 6.07) is 0. The van der Waals surface area contributed by atoms with E-state index in [-0.39, 0.29) is 6.42 Å². The van der Waals surface area contributed by atoms with Gasteiger partial charge in [0.25, 0.3) is 0 Å². The molecule has 0 saturated carbocycles. The second-order valence-corrected chi connectivity index (χ2v) is 5.45. The monoisotopic (exact) mass is 293 g/mol. The minimum absolute atomic E-state index is 0.180. The number of hydrogen-bond donors (Lipinski definition) is 5. The maximum atomic E-state index is 10.3. The molecule has 1 aliphatic heterocycles. The van der Waals surface area contributed by atoms with E-state index >= 15 is 0 Å². The SMILES string of the molecule is [2H]C(CCCCCC)CC1(O)O[C@H](CO)[C@@H](O)[C@H](O)[C@H]1O. The third-order valence-electron chi connectivity index (χ3n) is 3.75. The van der Waals surface area contributed by atoms with E-state index in [1.165, 1.54) is 0 Å². The van der Waals surface area contributed by atoms with Crippen molar-refractivity contribution in [2.45, 2.75) is 82.0 Å². The van der Waals surface area contributed by atoms with E-state index in [0.29, 0.717) is 6.42 Å². The molecule has 5 N–H and O–H groups in total. The van der Waals surface area contributed by atoms with E-state index in [1.807, 2.05) is 0 Å². The van der Waals surface area contributed by atoms with Crippen molar-refractivity contribution in [3.05, 3.63) is 0 Å². The molecule has 1 rings (SSSR count).